The van der Waals surface area contributed by atoms with Crippen LogP contribution in [-0.4, -0.2) is 23.5 Å². The molecule has 0 N–H and O–H groups in total. The molecule has 6 heteroatoms. The largest absolute Gasteiger partial charge is 0.362 e. The van der Waals surface area contributed by atoms with Crippen molar-refractivity contribution in [3.05, 3.63) is 40.4 Å². The first-order valence-electron chi connectivity index (χ1n) is 6.62. The molecule has 0 saturated carbocycles. The van der Waals surface area contributed by atoms with Crippen molar-refractivity contribution in [2.24, 2.45) is 11.8 Å². The quantitative estimate of drug-likeness (QED) is 0.589. The molecule has 0 unspecified atom stereocenters. The van der Waals surface area contributed by atoms with Gasteiger partial charge in [-0.25, -0.2) is 4.90 Å². The van der Waals surface area contributed by atoms with Gasteiger partial charge in [0.1, 0.15) is 0 Å². The van der Waals surface area contributed by atoms with Crippen molar-refractivity contribution in [2.45, 2.75) is 18.6 Å². The Hall–Kier alpha value is -1.36. The van der Waals surface area contributed by atoms with Gasteiger partial charge in [-0.15, -0.1) is 0 Å². The Balaban J connectivity index is 1.80. The van der Waals surface area contributed by atoms with Crippen LogP contribution in [-0.2, 0) is 14.3 Å². The van der Waals surface area contributed by atoms with Gasteiger partial charge < -0.3 is 4.74 Å². The van der Waals surface area contributed by atoms with Crippen LogP contribution >= 0.6 is 23.2 Å². The molecule has 3 aliphatic rings. The van der Waals surface area contributed by atoms with Crippen molar-refractivity contribution in [1.29, 1.82) is 0 Å². The summed E-state index contributed by atoms with van der Waals surface area (Å²) in [5, 5.41) is 0.746. The minimum absolute atomic E-state index is 0.257. The zero-order valence-corrected chi connectivity index (χ0v) is 12.6. The molecule has 3 aliphatic heterocycles. The Bertz CT molecular complexity index is 717. The number of anilines is 1. The Kier molecular flexibility index (Phi) is 2.60. The Morgan fingerprint density at radius 2 is 2.00 bits per heavy atom. The topological polar surface area (TPSA) is 46.6 Å². The number of nitrogens with zero attached hydrogens (tertiary/aromatic N) is 1. The monoisotopic (exact) mass is 323 g/mol. The van der Waals surface area contributed by atoms with Crippen LogP contribution in [0.3, 0.4) is 0 Å². The summed E-state index contributed by atoms with van der Waals surface area (Å²) in [5.74, 6) is -1.46. The molecule has 0 aromatic heterocycles. The maximum atomic E-state index is 12.7. The molecule has 108 valence electrons. The van der Waals surface area contributed by atoms with Crippen LogP contribution in [0.25, 0.3) is 0 Å². The summed E-state index contributed by atoms with van der Waals surface area (Å²) in [6, 6.07) is 4.74. The summed E-state index contributed by atoms with van der Waals surface area (Å²) in [7, 11) is 0. The molecule has 2 fully saturated rings. The number of imide groups is 1. The molecule has 4 rings (SSSR count). The van der Waals surface area contributed by atoms with E-state index in [9.17, 15) is 9.59 Å². The fourth-order valence-corrected chi connectivity index (χ4v) is 4.05. The maximum Gasteiger partial charge on any atom is 0.241 e. The van der Waals surface area contributed by atoms with E-state index < -0.39 is 17.4 Å². The molecule has 2 saturated heterocycles. The van der Waals surface area contributed by atoms with Gasteiger partial charge in [0.05, 0.1) is 34.3 Å². The van der Waals surface area contributed by atoms with E-state index in [1.165, 1.54) is 11.0 Å². The van der Waals surface area contributed by atoms with Crippen LogP contribution < -0.4 is 4.90 Å². The van der Waals surface area contributed by atoms with E-state index in [0.29, 0.717) is 10.7 Å². The number of halogens is 2. The number of amides is 2. The Morgan fingerprint density at radius 3 is 2.67 bits per heavy atom. The molecule has 0 radical (unpaired) electrons. The second-order valence-electron chi connectivity index (χ2n) is 5.74. The van der Waals surface area contributed by atoms with Gasteiger partial charge in [0.15, 0.2) is 0 Å². The maximum absolute atomic E-state index is 12.7. The van der Waals surface area contributed by atoms with Crippen LogP contribution in [0.2, 0.25) is 10.0 Å². The average Bonchev–Trinajstić information content (AvgIpc) is 3.01. The smallest absolute Gasteiger partial charge is 0.241 e. The van der Waals surface area contributed by atoms with Gasteiger partial charge in [0.25, 0.3) is 0 Å². The van der Waals surface area contributed by atoms with E-state index in [4.69, 9.17) is 27.9 Å². The highest BCUT2D eigenvalue weighted by atomic mass is 35.5. The first-order valence-corrected chi connectivity index (χ1v) is 7.38. The zero-order chi connectivity index (χ0) is 14.9. The zero-order valence-electron chi connectivity index (χ0n) is 11.0. The van der Waals surface area contributed by atoms with Gasteiger partial charge >= 0.3 is 0 Å². The van der Waals surface area contributed by atoms with Crippen LogP contribution in [0.15, 0.2) is 30.4 Å². The van der Waals surface area contributed by atoms with E-state index in [1.54, 1.807) is 12.1 Å². The summed E-state index contributed by atoms with van der Waals surface area (Å²) in [6.45, 7) is 1.84. The lowest BCUT2D eigenvalue weighted by Crippen LogP contribution is -2.38. The van der Waals surface area contributed by atoms with Crippen molar-refractivity contribution in [3.8, 4) is 0 Å². The molecule has 3 heterocycles. The molecule has 21 heavy (non-hydrogen) atoms. The SMILES string of the molecule is C[C@]12C=C[C@H](O1)[C@@H]1C(=O)N(c3ccc(Cl)cc3Cl)C(=O)[C@@H]12. The molecule has 0 spiro atoms. The van der Waals surface area contributed by atoms with Gasteiger partial charge in [-0.3, -0.25) is 9.59 Å². The highest BCUT2D eigenvalue weighted by Crippen LogP contribution is 2.52. The molecular formula is C15H11Cl2NO3. The Morgan fingerprint density at radius 1 is 1.24 bits per heavy atom. The number of fused-ring (bicyclic) bond motifs is 5. The molecule has 4 nitrogen and oxygen atoms in total. The number of ether oxygens (including phenoxy) is 1. The number of carbonyl (C=O) groups excluding carboxylic acids is 2. The second-order valence-corrected chi connectivity index (χ2v) is 6.58. The summed E-state index contributed by atoms with van der Waals surface area (Å²) >= 11 is 12.0. The Labute approximate surface area is 131 Å². The summed E-state index contributed by atoms with van der Waals surface area (Å²) in [5.41, 5.74) is -0.316. The van der Waals surface area contributed by atoms with Gasteiger partial charge in [0.2, 0.25) is 11.8 Å². The second kappa shape index (κ2) is 4.09. The van der Waals surface area contributed by atoms with E-state index in [1.807, 2.05) is 19.1 Å². The van der Waals surface area contributed by atoms with Crippen LogP contribution in [0.5, 0.6) is 0 Å². The third kappa shape index (κ3) is 1.61. The highest BCUT2D eigenvalue weighted by Gasteiger charge is 2.66. The molecule has 2 bridgehead atoms. The van der Waals surface area contributed by atoms with Gasteiger partial charge in [-0.05, 0) is 25.1 Å². The van der Waals surface area contributed by atoms with Crippen LogP contribution in [0, 0.1) is 11.8 Å². The third-order valence-electron chi connectivity index (χ3n) is 4.48. The number of benzene rings is 1. The first-order chi connectivity index (χ1) is 9.92. The number of hydrogen-bond donors (Lipinski definition) is 0. The predicted octanol–water partition coefficient (Wildman–Crippen LogP) is 2.83. The fourth-order valence-electron chi connectivity index (χ4n) is 3.55. The standard InChI is InChI=1S/C15H11Cl2NO3/c1-15-5-4-10(21-15)11-12(15)14(20)18(13(11)19)9-3-2-7(16)6-8(9)17/h2-6,10-12H,1H3/t10-,11-,12+,15+/m0/s1. The highest BCUT2D eigenvalue weighted by molar-refractivity contribution is 6.38. The van der Waals surface area contributed by atoms with Crippen molar-refractivity contribution >= 4 is 40.7 Å². The summed E-state index contributed by atoms with van der Waals surface area (Å²) in [6.07, 6.45) is 3.41. The van der Waals surface area contributed by atoms with Crippen LogP contribution in [0.4, 0.5) is 5.69 Å². The summed E-state index contributed by atoms with van der Waals surface area (Å²) in [4.78, 5) is 26.6. The lowest BCUT2D eigenvalue weighted by atomic mass is 9.78. The fraction of sp³-hybridized carbons (Fsp3) is 0.333. The van der Waals surface area contributed by atoms with Crippen molar-refractivity contribution in [1.82, 2.24) is 0 Å². The van der Waals surface area contributed by atoms with E-state index in [-0.39, 0.29) is 22.9 Å². The average molecular weight is 324 g/mol. The predicted molar refractivity (Wildman–Crippen MR) is 78.4 cm³/mol. The minimum atomic E-state index is -0.699. The van der Waals surface area contributed by atoms with Gasteiger partial charge in [-0.2, -0.15) is 0 Å². The lowest BCUT2D eigenvalue weighted by Gasteiger charge is -2.24. The number of carbonyl (C=O) groups is 2. The number of hydrogen-bond acceptors (Lipinski definition) is 3. The summed E-state index contributed by atoms with van der Waals surface area (Å²) < 4.78 is 5.77. The molecule has 1 aromatic carbocycles. The van der Waals surface area contributed by atoms with Crippen LogP contribution in [0.1, 0.15) is 6.92 Å². The minimum Gasteiger partial charge on any atom is -0.362 e. The van der Waals surface area contributed by atoms with Crippen molar-refractivity contribution in [3.63, 3.8) is 0 Å². The number of rotatable bonds is 1. The lowest BCUT2D eigenvalue weighted by molar-refractivity contribution is -0.126. The molecule has 2 amide bonds. The van der Waals surface area contributed by atoms with Crippen molar-refractivity contribution in [2.75, 3.05) is 4.90 Å². The van der Waals surface area contributed by atoms with Gasteiger partial charge in [0, 0.05) is 5.02 Å². The van der Waals surface area contributed by atoms with E-state index in [0.717, 1.165) is 0 Å². The van der Waals surface area contributed by atoms with Crippen molar-refractivity contribution < 1.29 is 14.3 Å². The van der Waals surface area contributed by atoms with Gasteiger partial charge in [-0.1, -0.05) is 35.4 Å². The normalized spacial score (nSPS) is 36.7. The molecule has 4 atom stereocenters. The van der Waals surface area contributed by atoms with E-state index >= 15 is 0 Å². The van der Waals surface area contributed by atoms with E-state index in [2.05, 4.69) is 0 Å². The molecule has 0 aliphatic carbocycles. The first kappa shape index (κ1) is 13.3. The molecular weight excluding hydrogens is 313 g/mol. The molecule has 1 aromatic rings. The third-order valence-corrected chi connectivity index (χ3v) is 5.02.